The fourth-order valence-corrected chi connectivity index (χ4v) is 2.07. The van der Waals surface area contributed by atoms with Crippen LogP contribution in [0.3, 0.4) is 0 Å². The second-order valence-electron chi connectivity index (χ2n) is 4.64. The smallest absolute Gasteiger partial charge is 0.254 e. The first-order valence-electron chi connectivity index (χ1n) is 6.73. The number of rotatable bonds is 4. The van der Waals surface area contributed by atoms with Gasteiger partial charge in [0.05, 0.1) is 29.7 Å². The Hall–Kier alpha value is -3.02. The number of carbonyl (C=O) groups is 1. The van der Waals surface area contributed by atoms with Gasteiger partial charge in [0.1, 0.15) is 5.82 Å². The van der Waals surface area contributed by atoms with Crippen LogP contribution < -0.4 is 5.32 Å². The van der Waals surface area contributed by atoms with Gasteiger partial charge >= 0.3 is 0 Å². The number of nitrogens with zero attached hydrogens (tertiary/aromatic N) is 3. The van der Waals surface area contributed by atoms with Gasteiger partial charge in [-0.1, -0.05) is 35.5 Å². The quantitative estimate of drug-likeness (QED) is 0.804. The van der Waals surface area contributed by atoms with E-state index >= 15 is 0 Å². The van der Waals surface area contributed by atoms with Gasteiger partial charge in [-0.3, -0.25) is 4.79 Å². The lowest BCUT2D eigenvalue weighted by Gasteiger charge is -2.08. The maximum atomic E-state index is 13.6. The maximum absolute atomic E-state index is 13.6. The third kappa shape index (κ3) is 2.85. The Bertz CT molecular complexity index is 786. The molecule has 1 N–H and O–H groups in total. The highest BCUT2D eigenvalue weighted by molar-refractivity contribution is 5.94. The van der Waals surface area contributed by atoms with Crippen LogP contribution in [-0.2, 0) is 6.54 Å². The van der Waals surface area contributed by atoms with E-state index in [4.69, 9.17) is 0 Å². The van der Waals surface area contributed by atoms with Crippen LogP contribution >= 0.6 is 0 Å². The van der Waals surface area contributed by atoms with Gasteiger partial charge in [0.25, 0.3) is 5.91 Å². The van der Waals surface area contributed by atoms with E-state index in [0.717, 1.165) is 5.69 Å². The monoisotopic (exact) mass is 296 g/mol. The lowest BCUT2D eigenvalue weighted by molar-refractivity contribution is 0.0946. The number of amides is 1. The van der Waals surface area contributed by atoms with E-state index in [-0.39, 0.29) is 12.1 Å². The van der Waals surface area contributed by atoms with E-state index in [0.29, 0.717) is 5.69 Å². The summed E-state index contributed by atoms with van der Waals surface area (Å²) in [6.07, 6.45) is 1.56. The number of carbonyl (C=O) groups excluding carboxylic acids is 1. The SMILES string of the molecule is O=C(NCc1cnnn1-c1ccccc1)c1ccccc1F. The Morgan fingerprint density at radius 1 is 1.09 bits per heavy atom. The first-order valence-corrected chi connectivity index (χ1v) is 6.73. The topological polar surface area (TPSA) is 59.8 Å². The Kier molecular flexibility index (Phi) is 3.91. The molecule has 0 aliphatic carbocycles. The van der Waals surface area contributed by atoms with Crippen molar-refractivity contribution in [2.45, 2.75) is 6.54 Å². The molecule has 22 heavy (non-hydrogen) atoms. The molecule has 0 saturated carbocycles. The van der Waals surface area contributed by atoms with Gasteiger partial charge in [0.15, 0.2) is 0 Å². The standard InChI is InChI=1S/C16H13FN4O/c17-15-9-5-4-8-14(15)16(22)18-10-13-11-19-20-21(13)12-6-2-1-3-7-12/h1-9,11H,10H2,(H,18,22). The highest BCUT2D eigenvalue weighted by atomic mass is 19.1. The van der Waals surface area contributed by atoms with Crippen LogP contribution in [0.4, 0.5) is 4.39 Å². The summed E-state index contributed by atoms with van der Waals surface area (Å²) < 4.78 is 15.2. The average Bonchev–Trinajstić information content (AvgIpc) is 3.02. The minimum atomic E-state index is -0.547. The minimum absolute atomic E-state index is 0.0150. The molecular formula is C16H13FN4O. The Balaban J connectivity index is 1.75. The summed E-state index contributed by atoms with van der Waals surface area (Å²) in [5.41, 5.74) is 1.56. The number of aromatic nitrogens is 3. The molecule has 0 aliphatic heterocycles. The Labute approximate surface area is 126 Å². The lowest BCUT2D eigenvalue weighted by Crippen LogP contribution is -2.25. The van der Waals surface area contributed by atoms with Crippen LogP contribution in [0, 0.1) is 5.82 Å². The third-order valence-electron chi connectivity index (χ3n) is 3.17. The van der Waals surface area contributed by atoms with Gasteiger partial charge in [-0.25, -0.2) is 9.07 Å². The molecule has 5 nitrogen and oxygen atoms in total. The van der Waals surface area contributed by atoms with Crippen molar-refractivity contribution in [1.82, 2.24) is 20.3 Å². The Morgan fingerprint density at radius 3 is 2.59 bits per heavy atom. The summed E-state index contributed by atoms with van der Waals surface area (Å²) in [4.78, 5) is 12.0. The largest absolute Gasteiger partial charge is 0.346 e. The predicted molar refractivity (Wildman–Crippen MR) is 78.9 cm³/mol. The van der Waals surface area contributed by atoms with Gasteiger partial charge in [0, 0.05) is 0 Å². The number of nitrogens with one attached hydrogen (secondary N) is 1. The molecule has 3 rings (SSSR count). The summed E-state index contributed by atoms with van der Waals surface area (Å²) in [6.45, 7) is 0.203. The van der Waals surface area contributed by atoms with Crippen molar-refractivity contribution in [3.63, 3.8) is 0 Å². The van der Waals surface area contributed by atoms with Gasteiger partial charge in [0.2, 0.25) is 0 Å². The zero-order valence-corrected chi connectivity index (χ0v) is 11.6. The van der Waals surface area contributed by atoms with Crippen molar-refractivity contribution in [1.29, 1.82) is 0 Å². The van der Waals surface area contributed by atoms with E-state index in [9.17, 15) is 9.18 Å². The summed E-state index contributed by atoms with van der Waals surface area (Å²) in [6, 6.07) is 15.3. The number of halogens is 1. The molecule has 0 atom stereocenters. The van der Waals surface area contributed by atoms with Crippen molar-refractivity contribution in [3.05, 3.63) is 77.9 Å². The third-order valence-corrected chi connectivity index (χ3v) is 3.17. The molecule has 6 heteroatoms. The summed E-state index contributed by atoms with van der Waals surface area (Å²) in [7, 11) is 0. The molecule has 110 valence electrons. The van der Waals surface area contributed by atoms with Gasteiger partial charge in [-0.15, -0.1) is 5.10 Å². The fourth-order valence-electron chi connectivity index (χ4n) is 2.07. The van der Waals surface area contributed by atoms with Crippen LogP contribution in [0.25, 0.3) is 5.69 Å². The zero-order valence-electron chi connectivity index (χ0n) is 11.6. The van der Waals surface area contributed by atoms with Gasteiger partial charge < -0.3 is 5.32 Å². The number of hydrogen-bond acceptors (Lipinski definition) is 3. The summed E-state index contributed by atoms with van der Waals surface area (Å²) in [5, 5.41) is 10.5. The number of para-hydroxylation sites is 1. The second kappa shape index (κ2) is 6.17. The van der Waals surface area contributed by atoms with E-state index in [1.54, 1.807) is 23.0 Å². The molecule has 0 saturated heterocycles. The van der Waals surface area contributed by atoms with Crippen molar-refractivity contribution >= 4 is 5.91 Å². The summed E-state index contributed by atoms with van der Waals surface area (Å²) >= 11 is 0. The highest BCUT2D eigenvalue weighted by Crippen LogP contribution is 2.10. The molecule has 0 bridgehead atoms. The van der Waals surface area contributed by atoms with Crippen LogP contribution in [-0.4, -0.2) is 20.9 Å². The molecule has 1 amide bonds. The molecular weight excluding hydrogens is 283 g/mol. The van der Waals surface area contributed by atoms with Crippen molar-refractivity contribution < 1.29 is 9.18 Å². The lowest BCUT2D eigenvalue weighted by atomic mass is 10.2. The zero-order chi connectivity index (χ0) is 15.4. The van der Waals surface area contributed by atoms with E-state index < -0.39 is 11.7 Å². The molecule has 1 aromatic heterocycles. The van der Waals surface area contributed by atoms with Gasteiger partial charge in [-0.05, 0) is 24.3 Å². The first-order chi connectivity index (χ1) is 10.8. The second-order valence-corrected chi connectivity index (χ2v) is 4.64. The fraction of sp³-hybridized carbons (Fsp3) is 0.0625. The first kappa shape index (κ1) is 13.9. The van der Waals surface area contributed by atoms with Crippen molar-refractivity contribution in [2.75, 3.05) is 0 Å². The molecule has 0 fully saturated rings. The van der Waals surface area contributed by atoms with E-state index in [1.807, 2.05) is 30.3 Å². The molecule has 3 aromatic rings. The summed E-state index contributed by atoms with van der Waals surface area (Å²) in [5.74, 6) is -1.02. The molecule has 0 unspecified atom stereocenters. The van der Waals surface area contributed by atoms with E-state index in [2.05, 4.69) is 15.6 Å². The number of benzene rings is 2. The molecule has 0 radical (unpaired) electrons. The minimum Gasteiger partial charge on any atom is -0.346 e. The normalized spacial score (nSPS) is 10.4. The molecule has 0 spiro atoms. The van der Waals surface area contributed by atoms with Crippen LogP contribution in [0.1, 0.15) is 16.1 Å². The maximum Gasteiger partial charge on any atom is 0.254 e. The molecule has 1 heterocycles. The van der Waals surface area contributed by atoms with Crippen LogP contribution in [0.15, 0.2) is 60.8 Å². The average molecular weight is 296 g/mol. The predicted octanol–water partition coefficient (Wildman–Crippen LogP) is 2.34. The van der Waals surface area contributed by atoms with Crippen molar-refractivity contribution in [3.8, 4) is 5.69 Å². The van der Waals surface area contributed by atoms with Crippen molar-refractivity contribution in [2.24, 2.45) is 0 Å². The molecule has 0 aliphatic rings. The highest BCUT2D eigenvalue weighted by Gasteiger charge is 2.12. The Morgan fingerprint density at radius 2 is 1.82 bits per heavy atom. The number of hydrogen-bond donors (Lipinski definition) is 1. The van der Waals surface area contributed by atoms with Crippen LogP contribution in [0.2, 0.25) is 0 Å². The van der Waals surface area contributed by atoms with Gasteiger partial charge in [-0.2, -0.15) is 0 Å². The molecule has 2 aromatic carbocycles. The van der Waals surface area contributed by atoms with E-state index in [1.165, 1.54) is 12.1 Å². The van der Waals surface area contributed by atoms with Crippen LogP contribution in [0.5, 0.6) is 0 Å².